The van der Waals surface area contributed by atoms with E-state index in [1.54, 1.807) is 13.8 Å². The second kappa shape index (κ2) is 14.8. The summed E-state index contributed by atoms with van der Waals surface area (Å²) in [7, 11) is -9.35. The molecule has 6 rings (SSSR count). The number of fused-ring (bicyclic) bond motifs is 2. The van der Waals surface area contributed by atoms with Gasteiger partial charge in [-0.15, -0.1) is 0 Å². The van der Waals surface area contributed by atoms with Crippen LogP contribution in [0.3, 0.4) is 0 Å². The molecule has 0 atom stereocenters. The summed E-state index contributed by atoms with van der Waals surface area (Å²) in [5.74, 6) is -4.14. The van der Waals surface area contributed by atoms with Gasteiger partial charge in [0.15, 0.2) is 0 Å². The number of anilines is 4. The largest absolute Gasteiger partial charge is 0.508 e. The van der Waals surface area contributed by atoms with Crippen molar-refractivity contribution in [3.05, 3.63) is 119 Å². The van der Waals surface area contributed by atoms with Crippen LogP contribution in [0, 0.1) is 13.8 Å². The number of phenolic OH excluding ortho intramolecular Hbond substituents is 2. The number of benzene rings is 6. The molecule has 286 valence electrons. The smallest absolute Gasteiger partial charge is 0.314 e. The van der Waals surface area contributed by atoms with Crippen molar-refractivity contribution in [2.24, 2.45) is 0 Å². The average molecular weight is 799 g/mol. The Hall–Kier alpha value is -6.86. The molecule has 8 N–H and O–H groups in total. The zero-order valence-corrected chi connectivity index (χ0v) is 30.7. The van der Waals surface area contributed by atoms with Gasteiger partial charge in [0.1, 0.15) is 11.5 Å². The zero-order chi connectivity index (χ0) is 40.7. The Balaban J connectivity index is 1.19. The van der Waals surface area contributed by atoms with Crippen molar-refractivity contribution in [2.45, 2.75) is 23.6 Å². The molecule has 0 saturated carbocycles. The van der Waals surface area contributed by atoms with Gasteiger partial charge in [-0.25, -0.2) is 0 Å². The molecule has 0 unspecified atom stereocenters. The molecule has 0 fully saturated rings. The van der Waals surface area contributed by atoms with E-state index in [-0.39, 0.29) is 56.1 Å². The minimum absolute atomic E-state index is 0.0214. The van der Waals surface area contributed by atoms with Gasteiger partial charge in [0.25, 0.3) is 32.1 Å². The van der Waals surface area contributed by atoms with Crippen LogP contribution in [0.5, 0.6) is 11.5 Å². The fourth-order valence-corrected chi connectivity index (χ4v) is 6.87. The number of hydrogen-bond donors (Lipinski definition) is 8. The molecule has 0 aliphatic heterocycles. The lowest BCUT2D eigenvalue weighted by molar-refractivity contribution is -0.132. The third kappa shape index (κ3) is 8.43. The van der Waals surface area contributed by atoms with Crippen LogP contribution in [0.4, 0.5) is 22.7 Å². The van der Waals surface area contributed by atoms with Gasteiger partial charge < -0.3 is 31.5 Å². The number of nitrogens with one attached hydrogen (secondary N) is 4. The summed E-state index contributed by atoms with van der Waals surface area (Å²) in [6.07, 6.45) is 0. The van der Waals surface area contributed by atoms with E-state index in [9.17, 15) is 55.3 Å². The normalized spacial score (nSPS) is 11.6. The molecular weight excluding hydrogens is 769 g/mol. The molecule has 0 heterocycles. The van der Waals surface area contributed by atoms with Gasteiger partial charge in [0.05, 0.1) is 21.2 Å². The fourth-order valence-electron chi connectivity index (χ4n) is 5.79. The highest BCUT2D eigenvalue weighted by molar-refractivity contribution is 7.86. The summed E-state index contributed by atoms with van der Waals surface area (Å²) in [5.41, 5.74) is 0.880. The van der Waals surface area contributed by atoms with E-state index in [4.69, 9.17) is 0 Å². The maximum absolute atomic E-state index is 13.4. The first-order valence-corrected chi connectivity index (χ1v) is 19.1. The number of aryl methyl sites for hydroxylation is 2. The van der Waals surface area contributed by atoms with Crippen LogP contribution in [-0.2, 0) is 29.8 Å². The molecule has 0 aliphatic rings. The highest BCUT2D eigenvalue weighted by Gasteiger charge is 2.21. The molecule has 0 radical (unpaired) electrons. The van der Waals surface area contributed by atoms with Crippen molar-refractivity contribution in [3.63, 3.8) is 0 Å². The first kappa shape index (κ1) is 38.9. The van der Waals surface area contributed by atoms with Crippen molar-refractivity contribution in [1.29, 1.82) is 0 Å². The highest BCUT2D eigenvalue weighted by Crippen LogP contribution is 2.33. The number of phenols is 2. The van der Waals surface area contributed by atoms with Crippen molar-refractivity contribution >= 4 is 88.2 Å². The van der Waals surface area contributed by atoms with E-state index in [2.05, 4.69) is 21.3 Å². The predicted molar refractivity (Wildman–Crippen MR) is 206 cm³/mol. The molecule has 0 aliphatic carbocycles. The molecule has 0 aromatic heterocycles. The summed E-state index contributed by atoms with van der Waals surface area (Å²) in [6.45, 7) is 3.18. The Labute approximate surface area is 318 Å². The monoisotopic (exact) mass is 798 g/mol. The van der Waals surface area contributed by atoms with Crippen LogP contribution >= 0.6 is 0 Å². The van der Waals surface area contributed by atoms with E-state index in [1.165, 1.54) is 84.9 Å². The van der Waals surface area contributed by atoms with E-state index in [0.717, 1.165) is 12.1 Å². The maximum Gasteiger partial charge on any atom is 0.314 e. The molecular formula is C38H30N4O12S2. The predicted octanol–water partition coefficient (Wildman–Crippen LogP) is 5.60. The van der Waals surface area contributed by atoms with Crippen LogP contribution in [0.25, 0.3) is 21.5 Å². The van der Waals surface area contributed by atoms with Crippen molar-refractivity contribution in [2.75, 3.05) is 21.3 Å². The maximum atomic E-state index is 13.4. The van der Waals surface area contributed by atoms with E-state index in [0.29, 0.717) is 21.9 Å². The van der Waals surface area contributed by atoms with Gasteiger partial charge in [0, 0.05) is 33.3 Å². The first-order valence-electron chi connectivity index (χ1n) is 16.2. The lowest BCUT2D eigenvalue weighted by Crippen LogP contribution is -2.29. The van der Waals surface area contributed by atoms with Gasteiger partial charge in [-0.1, -0.05) is 24.3 Å². The molecule has 0 spiro atoms. The van der Waals surface area contributed by atoms with Crippen molar-refractivity contribution in [3.8, 4) is 11.5 Å². The van der Waals surface area contributed by atoms with Crippen molar-refractivity contribution in [1.82, 2.24) is 0 Å². The van der Waals surface area contributed by atoms with Crippen LogP contribution in [0.15, 0.2) is 107 Å². The topological polar surface area (TPSA) is 266 Å². The Morgan fingerprint density at radius 3 is 1.21 bits per heavy atom. The van der Waals surface area contributed by atoms with Crippen LogP contribution in [-0.4, -0.2) is 59.8 Å². The average Bonchev–Trinajstić information content (AvgIpc) is 3.12. The molecule has 18 heteroatoms. The zero-order valence-electron chi connectivity index (χ0n) is 29.1. The minimum atomic E-state index is -4.68. The van der Waals surface area contributed by atoms with E-state index >= 15 is 0 Å². The van der Waals surface area contributed by atoms with E-state index < -0.39 is 53.7 Å². The minimum Gasteiger partial charge on any atom is -0.508 e. The third-order valence-electron chi connectivity index (χ3n) is 8.60. The molecule has 16 nitrogen and oxygen atoms in total. The second-order valence-electron chi connectivity index (χ2n) is 12.6. The van der Waals surface area contributed by atoms with Gasteiger partial charge in [-0.2, -0.15) is 16.8 Å². The van der Waals surface area contributed by atoms with Gasteiger partial charge in [0.2, 0.25) is 0 Å². The quantitative estimate of drug-likeness (QED) is 0.0691. The molecule has 6 aromatic rings. The molecule has 6 aromatic carbocycles. The van der Waals surface area contributed by atoms with Crippen LogP contribution < -0.4 is 21.3 Å². The number of carbonyl (C=O) groups excluding carboxylic acids is 4. The lowest BCUT2D eigenvalue weighted by Gasteiger charge is -2.14. The standard InChI is InChI=1S/C38H30N4O12S2/c1-19-3-7-23(13-29(19)35(45)41-33-17-27(55(49,50)51)11-21-5-9-25(43)15-31(21)33)39-37(47)38(48)40-24-8-4-20(2)30(14-24)36(46)42-34-18-28(56(52,53)54)12-22-6-10-26(44)16-32(22)34/h3-18,43-44H,1-2H3,(H,39,47)(H,40,48)(H,41,45)(H,42,46)(H,49,50,51)(H,52,53,54). The first-order chi connectivity index (χ1) is 26.3. The van der Waals surface area contributed by atoms with Gasteiger partial charge in [-0.3, -0.25) is 28.3 Å². The van der Waals surface area contributed by atoms with Gasteiger partial charge >= 0.3 is 11.8 Å². The highest BCUT2D eigenvalue weighted by atomic mass is 32.2. The number of hydrogen-bond acceptors (Lipinski definition) is 10. The summed E-state index contributed by atoms with van der Waals surface area (Å²) < 4.78 is 66.9. The molecule has 0 bridgehead atoms. The van der Waals surface area contributed by atoms with Crippen molar-refractivity contribution < 1.29 is 55.3 Å². The second-order valence-corrected chi connectivity index (χ2v) is 15.4. The summed E-state index contributed by atoms with van der Waals surface area (Å²) >= 11 is 0. The molecule has 56 heavy (non-hydrogen) atoms. The SMILES string of the molecule is Cc1ccc(NC(=O)C(=O)Nc2ccc(C)c(C(=O)Nc3cc(S(=O)(=O)O)cc4ccc(O)cc34)c2)cc1C(=O)Nc1cc(S(=O)(=O)O)cc2ccc(O)cc12. The number of carbonyl (C=O) groups is 4. The summed E-state index contributed by atoms with van der Waals surface area (Å²) in [6, 6.07) is 20.8. The number of amides is 4. The van der Waals surface area contributed by atoms with Gasteiger partial charge in [-0.05, 0) is 109 Å². The van der Waals surface area contributed by atoms with E-state index in [1.807, 2.05) is 0 Å². The lowest BCUT2D eigenvalue weighted by atomic mass is 10.1. The van der Waals surface area contributed by atoms with Crippen LogP contribution in [0.2, 0.25) is 0 Å². The third-order valence-corrected chi connectivity index (χ3v) is 10.3. The Morgan fingerprint density at radius 2 is 0.857 bits per heavy atom. The Kier molecular flexibility index (Phi) is 10.2. The molecule has 0 saturated heterocycles. The Morgan fingerprint density at radius 1 is 0.482 bits per heavy atom. The summed E-state index contributed by atoms with van der Waals surface area (Å²) in [4.78, 5) is 51.8. The Bertz CT molecular complexity index is 2700. The fraction of sp³-hybridized carbons (Fsp3) is 0.0526. The number of rotatable bonds is 8. The number of aromatic hydroxyl groups is 2. The van der Waals surface area contributed by atoms with Crippen LogP contribution in [0.1, 0.15) is 31.8 Å². The molecule has 4 amide bonds. The summed E-state index contributed by atoms with van der Waals surface area (Å²) in [5, 5.41) is 31.1.